The molecule has 0 aliphatic carbocycles. The zero-order valence-corrected chi connectivity index (χ0v) is 14.9. The van der Waals surface area contributed by atoms with Crippen molar-refractivity contribution in [2.24, 2.45) is 0 Å². The van der Waals surface area contributed by atoms with Crippen molar-refractivity contribution in [3.8, 4) is 0 Å². The molecule has 1 aromatic carbocycles. The lowest BCUT2D eigenvalue weighted by Gasteiger charge is -2.12. The van der Waals surface area contributed by atoms with Crippen LogP contribution in [0.1, 0.15) is 12.0 Å². The maximum atomic E-state index is 12.6. The molecule has 2 aliphatic rings. The van der Waals surface area contributed by atoms with Gasteiger partial charge in [-0.2, -0.15) is 0 Å². The molecule has 10 heteroatoms. The molecule has 3 rings (SSSR count). The van der Waals surface area contributed by atoms with E-state index >= 15 is 0 Å². The standard InChI is InChI=1S/C14H8Cl2N2O4S2/c15-5-3-6-9(12(21)17-10(6)7(16)4-5)11-13(22)18(14(23)24-11)2-1-8(19)20/h3-4H,1-2H2,(H,17,21)(H,19,20). The molecule has 0 atom stereocenters. The second-order valence-corrected chi connectivity index (χ2v) is 7.42. The Labute approximate surface area is 155 Å². The number of fused-ring (bicyclic) bond motifs is 1. The molecular weight excluding hydrogens is 395 g/mol. The summed E-state index contributed by atoms with van der Waals surface area (Å²) in [6, 6.07) is 3.03. The molecule has 2 aliphatic heterocycles. The third kappa shape index (κ3) is 2.90. The zero-order chi connectivity index (χ0) is 17.6. The van der Waals surface area contributed by atoms with Gasteiger partial charge in [-0.25, -0.2) is 0 Å². The number of thioether (sulfide) groups is 1. The predicted molar refractivity (Wildman–Crippen MR) is 96.2 cm³/mol. The van der Waals surface area contributed by atoms with Gasteiger partial charge in [0.1, 0.15) is 4.32 Å². The van der Waals surface area contributed by atoms with E-state index in [0.717, 1.165) is 11.8 Å². The van der Waals surface area contributed by atoms with Crippen LogP contribution < -0.4 is 5.32 Å². The minimum Gasteiger partial charge on any atom is -0.481 e. The normalized spacial score (nSPS) is 19.8. The first-order chi connectivity index (χ1) is 11.3. The van der Waals surface area contributed by atoms with Crippen LogP contribution in [0.4, 0.5) is 5.69 Å². The molecule has 124 valence electrons. The maximum absolute atomic E-state index is 12.6. The SMILES string of the molecule is O=C(O)CCN1C(=O)C(=C2C(=O)Nc3c(Cl)cc(Cl)cc32)SC1=S. The smallest absolute Gasteiger partial charge is 0.305 e. The molecule has 2 heterocycles. The fraction of sp³-hybridized carbons (Fsp3) is 0.143. The molecule has 24 heavy (non-hydrogen) atoms. The number of hydrogen-bond donors (Lipinski definition) is 2. The molecule has 0 radical (unpaired) electrons. The summed E-state index contributed by atoms with van der Waals surface area (Å²) < 4.78 is 0.207. The van der Waals surface area contributed by atoms with Crippen molar-refractivity contribution in [3.05, 3.63) is 32.6 Å². The largest absolute Gasteiger partial charge is 0.481 e. The third-order valence-electron chi connectivity index (χ3n) is 3.42. The number of carbonyl (C=O) groups is 3. The maximum Gasteiger partial charge on any atom is 0.305 e. The predicted octanol–water partition coefficient (Wildman–Crippen LogP) is 2.99. The zero-order valence-electron chi connectivity index (χ0n) is 11.8. The molecule has 1 aromatic rings. The minimum atomic E-state index is -1.04. The van der Waals surface area contributed by atoms with Crippen LogP contribution in [0.15, 0.2) is 17.0 Å². The highest BCUT2D eigenvalue weighted by atomic mass is 35.5. The Bertz CT molecular complexity index is 853. The highest BCUT2D eigenvalue weighted by molar-refractivity contribution is 8.26. The van der Waals surface area contributed by atoms with Gasteiger partial charge in [0.05, 0.1) is 27.6 Å². The first-order valence-electron chi connectivity index (χ1n) is 6.60. The van der Waals surface area contributed by atoms with Crippen molar-refractivity contribution in [2.75, 3.05) is 11.9 Å². The van der Waals surface area contributed by atoms with Gasteiger partial charge in [-0.1, -0.05) is 47.2 Å². The van der Waals surface area contributed by atoms with Crippen LogP contribution >= 0.6 is 47.2 Å². The Hall–Kier alpha value is -1.61. The van der Waals surface area contributed by atoms with Gasteiger partial charge < -0.3 is 10.4 Å². The molecule has 0 unspecified atom stereocenters. The van der Waals surface area contributed by atoms with Crippen molar-refractivity contribution in [1.29, 1.82) is 0 Å². The Balaban J connectivity index is 2.05. The molecule has 0 bridgehead atoms. The number of carbonyl (C=O) groups excluding carboxylic acids is 2. The summed E-state index contributed by atoms with van der Waals surface area (Å²) in [5.74, 6) is -2.02. The Morgan fingerprint density at radius 3 is 2.71 bits per heavy atom. The van der Waals surface area contributed by atoms with Crippen molar-refractivity contribution >= 4 is 80.5 Å². The highest BCUT2D eigenvalue weighted by Gasteiger charge is 2.39. The van der Waals surface area contributed by atoms with Crippen molar-refractivity contribution in [3.63, 3.8) is 0 Å². The van der Waals surface area contributed by atoms with E-state index in [1.54, 1.807) is 6.07 Å². The number of aliphatic carboxylic acids is 1. The summed E-state index contributed by atoms with van der Waals surface area (Å²) in [4.78, 5) is 36.9. The van der Waals surface area contributed by atoms with Crippen LogP contribution in [0.25, 0.3) is 5.57 Å². The van der Waals surface area contributed by atoms with Crippen molar-refractivity contribution < 1.29 is 19.5 Å². The first-order valence-corrected chi connectivity index (χ1v) is 8.58. The highest BCUT2D eigenvalue weighted by Crippen LogP contribution is 2.45. The number of nitrogens with one attached hydrogen (secondary N) is 1. The van der Waals surface area contributed by atoms with Gasteiger partial charge in [0.2, 0.25) is 0 Å². The Kier molecular flexibility index (Phi) is 4.56. The number of amides is 2. The number of halogens is 2. The van der Waals surface area contributed by atoms with E-state index in [2.05, 4.69) is 5.32 Å². The summed E-state index contributed by atoms with van der Waals surface area (Å²) in [7, 11) is 0. The van der Waals surface area contributed by atoms with E-state index in [0.29, 0.717) is 16.3 Å². The van der Waals surface area contributed by atoms with Gasteiger partial charge in [-0.3, -0.25) is 19.3 Å². The van der Waals surface area contributed by atoms with Crippen LogP contribution in [-0.2, 0) is 14.4 Å². The molecule has 2 amide bonds. The number of hydrogen-bond acceptors (Lipinski definition) is 5. The molecule has 6 nitrogen and oxygen atoms in total. The fourth-order valence-corrected chi connectivity index (χ4v) is 4.30. The molecule has 0 aromatic heterocycles. The lowest BCUT2D eigenvalue weighted by Crippen LogP contribution is -2.30. The van der Waals surface area contributed by atoms with E-state index in [-0.39, 0.29) is 32.8 Å². The lowest BCUT2D eigenvalue weighted by molar-refractivity contribution is -0.137. The second-order valence-electron chi connectivity index (χ2n) is 4.94. The average molecular weight is 403 g/mol. The van der Waals surface area contributed by atoms with E-state index in [1.807, 2.05) is 0 Å². The molecule has 0 spiro atoms. The number of carboxylic acids is 1. The van der Waals surface area contributed by atoms with Crippen LogP contribution in [-0.4, -0.2) is 38.7 Å². The number of anilines is 1. The van der Waals surface area contributed by atoms with Gasteiger partial charge in [-0.15, -0.1) is 0 Å². The number of nitrogens with zero attached hydrogens (tertiary/aromatic N) is 1. The van der Waals surface area contributed by atoms with E-state index in [1.165, 1.54) is 11.0 Å². The van der Waals surface area contributed by atoms with Gasteiger partial charge in [0.15, 0.2) is 0 Å². The lowest BCUT2D eigenvalue weighted by atomic mass is 10.1. The number of rotatable bonds is 3. The second kappa shape index (κ2) is 6.36. The van der Waals surface area contributed by atoms with Crippen molar-refractivity contribution in [2.45, 2.75) is 6.42 Å². The van der Waals surface area contributed by atoms with Crippen molar-refractivity contribution in [1.82, 2.24) is 4.90 Å². The topological polar surface area (TPSA) is 86.7 Å². The van der Waals surface area contributed by atoms with Crippen LogP contribution in [0.5, 0.6) is 0 Å². The first kappa shape index (κ1) is 17.2. The fourth-order valence-electron chi connectivity index (χ4n) is 2.37. The molecule has 1 fully saturated rings. The van der Waals surface area contributed by atoms with E-state index in [9.17, 15) is 14.4 Å². The number of thiocarbonyl (C=S) groups is 1. The van der Waals surface area contributed by atoms with Gasteiger partial charge in [0, 0.05) is 17.1 Å². The average Bonchev–Trinajstić information content (AvgIpc) is 2.94. The van der Waals surface area contributed by atoms with Crippen LogP contribution in [0, 0.1) is 0 Å². The summed E-state index contributed by atoms with van der Waals surface area (Å²) in [5, 5.41) is 12.0. The minimum absolute atomic E-state index is 0.0540. The van der Waals surface area contributed by atoms with Gasteiger partial charge in [-0.05, 0) is 12.1 Å². The third-order valence-corrected chi connectivity index (χ3v) is 5.38. The van der Waals surface area contributed by atoms with Gasteiger partial charge in [0.25, 0.3) is 11.8 Å². The number of carboxylic acid groups (broad SMARTS) is 1. The Morgan fingerprint density at radius 2 is 2.04 bits per heavy atom. The van der Waals surface area contributed by atoms with E-state index < -0.39 is 17.8 Å². The number of benzene rings is 1. The summed E-state index contributed by atoms with van der Waals surface area (Å²) in [6.45, 7) is -0.0540. The Morgan fingerprint density at radius 1 is 1.33 bits per heavy atom. The molecule has 2 N–H and O–H groups in total. The van der Waals surface area contributed by atoms with Crippen LogP contribution in [0.3, 0.4) is 0 Å². The summed E-state index contributed by atoms with van der Waals surface area (Å²) in [6.07, 6.45) is -0.241. The summed E-state index contributed by atoms with van der Waals surface area (Å²) in [5.41, 5.74) is 0.956. The quantitative estimate of drug-likeness (QED) is 0.596. The molecule has 1 saturated heterocycles. The molecule has 0 saturated carbocycles. The van der Waals surface area contributed by atoms with Gasteiger partial charge >= 0.3 is 5.97 Å². The van der Waals surface area contributed by atoms with Crippen LogP contribution in [0.2, 0.25) is 10.0 Å². The summed E-state index contributed by atoms with van der Waals surface area (Å²) >= 11 is 18.1. The van der Waals surface area contributed by atoms with E-state index in [4.69, 9.17) is 40.5 Å². The monoisotopic (exact) mass is 402 g/mol. The molecular formula is C14H8Cl2N2O4S2.